The highest BCUT2D eigenvalue weighted by molar-refractivity contribution is 5.74. The van der Waals surface area contributed by atoms with E-state index in [1.807, 2.05) is 13.8 Å². The number of nitrogens with one attached hydrogen (secondary N) is 1. The van der Waals surface area contributed by atoms with Crippen LogP contribution in [0.15, 0.2) is 4.52 Å². The third kappa shape index (κ3) is 4.17. The average Bonchev–Trinajstić information content (AvgIpc) is 2.82. The second-order valence-corrected chi connectivity index (χ2v) is 5.50. The summed E-state index contributed by atoms with van der Waals surface area (Å²) >= 11 is 0. The van der Waals surface area contributed by atoms with Crippen molar-refractivity contribution in [3.8, 4) is 0 Å². The summed E-state index contributed by atoms with van der Waals surface area (Å²) < 4.78 is 10.3. The van der Waals surface area contributed by atoms with Crippen LogP contribution in [0.5, 0.6) is 0 Å². The number of amides is 2. The number of methoxy groups -OCH3 is 1. The van der Waals surface area contributed by atoms with E-state index in [-0.39, 0.29) is 12.1 Å². The summed E-state index contributed by atoms with van der Waals surface area (Å²) in [7, 11) is 1.61. The molecule has 2 amide bonds. The number of rotatable bonds is 7. The number of hydrogen-bond acceptors (Lipinski definition) is 5. The quantitative estimate of drug-likeness (QED) is 0.831. The zero-order valence-corrected chi connectivity index (χ0v) is 13.0. The van der Waals surface area contributed by atoms with Crippen molar-refractivity contribution in [1.29, 1.82) is 0 Å². The van der Waals surface area contributed by atoms with Gasteiger partial charge >= 0.3 is 6.03 Å². The number of nitrogens with zero attached hydrogens (tertiary/aromatic N) is 3. The Hall–Kier alpha value is -1.63. The smallest absolute Gasteiger partial charge is 0.318 e. The molecule has 0 saturated heterocycles. The van der Waals surface area contributed by atoms with Crippen molar-refractivity contribution < 1.29 is 14.1 Å². The molecule has 1 aliphatic carbocycles. The van der Waals surface area contributed by atoms with Gasteiger partial charge in [0.2, 0.25) is 5.89 Å². The van der Waals surface area contributed by atoms with Gasteiger partial charge in [0.15, 0.2) is 5.82 Å². The standard InChI is InChI=1S/C14H24N4O3/c1-4-18(14(19)15-10(2)9-20-3)8-12-16-13(21-17-12)11-6-5-7-11/h10-11H,4-9H2,1-3H3,(H,15,19)/t10-/m0/s1. The van der Waals surface area contributed by atoms with E-state index in [2.05, 4.69) is 15.5 Å². The Morgan fingerprint density at radius 3 is 2.90 bits per heavy atom. The second-order valence-electron chi connectivity index (χ2n) is 5.50. The summed E-state index contributed by atoms with van der Waals surface area (Å²) in [6.07, 6.45) is 3.46. The Bertz CT molecular complexity index is 459. The molecule has 2 rings (SSSR count). The zero-order valence-electron chi connectivity index (χ0n) is 13.0. The maximum atomic E-state index is 12.1. The van der Waals surface area contributed by atoms with Gasteiger partial charge < -0.3 is 19.5 Å². The number of urea groups is 1. The predicted molar refractivity (Wildman–Crippen MR) is 76.8 cm³/mol. The van der Waals surface area contributed by atoms with Crippen LogP contribution in [-0.2, 0) is 11.3 Å². The molecule has 7 heteroatoms. The lowest BCUT2D eigenvalue weighted by molar-refractivity contribution is 0.158. The highest BCUT2D eigenvalue weighted by atomic mass is 16.5. The summed E-state index contributed by atoms with van der Waals surface area (Å²) in [5.41, 5.74) is 0. The number of ether oxygens (including phenoxy) is 1. The van der Waals surface area contributed by atoms with Crippen LogP contribution in [0, 0.1) is 0 Å². The number of hydrogen-bond donors (Lipinski definition) is 1. The summed E-state index contributed by atoms with van der Waals surface area (Å²) in [5.74, 6) is 1.69. The van der Waals surface area contributed by atoms with Crippen LogP contribution < -0.4 is 5.32 Å². The number of carbonyl (C=O) groups is 1. The average molecular weight is 296 g/mol. The van der Waals surface area contributed by atoms with Gasteiger partial charge in [0.05, 0.1) is 19.2 Å². The third-order valence-electron chi connectivity index (χ3n) is 3.73. The molecule has 0 unspecified atom stereocenters. The van der Waals surface area contributed by atoms with E-state index in [4.69, 9.17) is 9.26 Å². The summed E-state index contributed by atoms with van der Waals surface area (Å²) in [5, 5.41) is 6.85. The van der Waals surface area contributed by atoms with Gasteiger partial charge in [-0.25, -0.2) is 4.79 Å². The molecule has 0 bridgehead atoms. The first-order valence-electron chi connectivity index (χ1n) is 7.50. The van der Waals surface area contributed by atoms with Gasteiger partial charge in [0.1, 0.15) is 0 Å². The zero-order chi connectivity index (χ0) is 15.2. The number of aromatic nitrogens is 2. The summed E-state index contributed by atoms with van der Waals surface area (Å²) in [6.45, 7) is 5.25. The molecule has 0 spiro atoms. The first kappa shape index (κ1) is 15.8. The molecular weight excluding hydrogens is 272 g/mol. The molecule has 1 atom stereocenters. The molecule has 1 fully saturated rings. The van der Waals surface area contributed by atoms with Gasteiger partial charge in [-0.1, -0.05) is 11.6 Å². The Balaban J connectivity index is 1.88. The molecule has 0 aromatic carbocycles. The SMILES string of the molecule is CCN(Cc1noc(C2CCC2)n1)C(=O)N[C@@H](C)COC. The van der Waals surface area contributed by atoms with Crippen molar-refractivity contribution >= 4 is 6.03 Å². The fourth-order valence-electron chi connectivity index (χ4n) is 2.24. The first-order chi connectivity index (χ1) is 10.1. The van der Waals surface area contributed by atoms with Crippen molar-refractivity contribution in [3.63, 3.8) is 0 Å². The van der Waals surface area contributed by atoms with Crippen LogP contribution in [0.1, 0.15) is 50.7 Å². The van der Waals surface area contributed by atoms with Gasteiger partial charge in [-0.15, -0.1) is 0 Å². The Morgan fingerprint density at radius 2 is 2.33 bits per heavy atom. The molecule has 0 aliphatic heterocycles. The summed E-state index contributed by atoms with van der Waals surface area (Å²) in [4.78, 5) is 18.2. The fourth-order valence-corrected chi connectivity index (χ4v) is 2.24. The van der Waals surface area contributed by atoms with Crippen molar-refractivity contribution in [1.82, 2.24) is 20.4 Å². The van der Waals surface area contributed by atoms with Gasteiger partial charge in [-0.3, -0.25) is 0 Å². The Labute approximate surface area is 125 Å². The molecular formula is C14H24N4O3. The lowest BCUT2D eigenvalue weighted by Gasteiger charge is -2.22. The van der Waals surface area contributed by atoms with Gasteiger partial charge in [-0.05, 0) is 26.7 Å². The maximum absolute atomic E-state index is 12.1. The Kier molecular flexibility index (Phi) is 5.55. The molecule has 1 saturated carbocycles. The summed E-state index contributed by atoms with van der Waals surface area (Å²) in [6, 6.07) is -0.176. The van der Waals surface area contributed by atoms with E-state index in [0.29, 0.717) is 37.3 Å². The molecule has 1 aromatic rings. The molecule has 1 N–H and O–H groups in total. The predicted octanol–water partition coefficient (Wildman–Crippen LogP) is 1.90. The van der Waals surface area contributed by atoms with Crippen LogP contribution in [0.3, 0.4) is 0 Å². The molecule has 1 aliphatic rings. The van der Waals surface area contributed by atoms with Crippen LogP contribution in [0.25, 0.3) is 0 Å². The van der Waals surface area contributed by atoms with E-state index in [0.717, 1.165) is 12.8 Å². The van der Waals surface area contributed by atoms with Crippen LogP contribution in [-0.4, -0.2) is 47.4 Å². The van der Waals surface area contributed by atoms with Crippen molar-refractivity contribution in [2.75, 3.05) is 20.3 Å². The van der Waals surface area contributed by atoms with E-state index < -0.39 is 0 Å². The highest BCUT2D eigenvalue weighted by Gasteiger charge is 2.26. The molecule has 0 radical (unpaired) electrons. The Morgan fingerprint density at radius 1 is 1.57 bits per heavy atom. The van der Waals surface area contributed by atoms with Crippen molar-refractivity contribution in [3.05, 3.63) is 11.7 Å². The van der Waals surface area contributed by atoms with Gasteiger partial charge in [0, 0.05) is 19.6 Å². The number of carbonyl (C=O) groups excluding carboxylic acids is 1. The van der Waals surface area contributed by atoms with Gasteiger partial charge in [-0.2, -0.15) is 4.98 Å². The minimum Gasteiger partial charge on any atom is -0.383 e. The first-order valence-corrected chi connectivity index (χ1v) is 7.50. The van der Waals surface area contributed by atoms with Crippen LogP contribution in [0.4, 0.5) is 4.79 Å². The van der Waals surface area contributed by atoms with E-state index in [9.17, 15) is 4.79 Å². The van der Waals surface area contributed by atoms with Crippen molar-refractivity contribution in [2.24, 2.45) is 0 Å². The molecule has 1 heterocycles. The highest BCUT2D eigenvalue weighted by Crippen LogP contribution is 2.35. The molecule has 21 heavy (non-hydrogen) atoms. The van der Waals surface area contributed by atoms with Gasteiger partial charge in [0.25, 0.3) is 0 Å². The largest absolute Gasteiger partial charge is 0.383 e. The minimum atomic E-state index is -0.142. The lowest BCUT2D eigenvalue weighted by Crippen LogP contribution is -2.45. The molecule has 118 valence electrons. The van der Waals surface area contributed by atoms with E-state index in [1.54, 1.807) is 12.0 Å². The van der Waals surface area contributed by atoms with Crippen molar-refractivity contribution in [2.45, 2.75) is 51.6 Å². The fraction of sp³-hybridized carbons (Fsp3) is 0.786. The lowest BCUT2D eigenvalue weighted by atomic mass is 9.85. The van der Waals surface area contributed by atoms with Crippen LogP contribution >= 0.6 is 0 Å². The molecule has 7 nitrogen and oxygen atoms in total. The topological polar surface area (TPSA) is 80.5 Å². The maximum Gasteiger partial charge on any atom is 0.318 e. The van der Waals surface area contributed by atoms with E-state index in [1.165, 1.54) is 6.42 Å². The van der Waals surface area contributed by atoms with E-state index >= 15 is 0 Å². The third-order valence-corrected chi connectivity index (χ3v) is 3.73. The normalized spacial score (nSPS) is 16.3. The minimum absolute atomic E-state index is 0.0349. The van der Waals surface area contributed by atoms with Crippen LogP contribution in [0.2, 0.25) is 0 Å². The monoisotopic (exact) mass is 296 g/mol. The molecule has 1 aromatic heterocycles. The second kappa shape index (κ2) is 7.40.